The van der Waals surface area contributed by atoms with Crippen LogP contribution in [0.15, 0.2) is 39.4 Å². The number of hydrogen-bond donors (Lipinski definition) is 1. The minimum atomic E-state index is -0.219. The van der Waals surface area contributed by atoms with Gasteiger partial charge in [-0.2, -0.15) is 0 Å². The maximum Gasteiger partial charge on any atom is 0.307 e. The Balaban J connectivity index is 1.48. The average Bonchev–Trinajstić information content (AvgIpc) is 3.09. The van der Waals surface area contributed by atoms with Crippen LogP contribution in [0.1, 0.15) is 30.5 Å². The Morgan fingerprint density at radius 3 is 2.67 bits per heavy atom. The Hall–Kier alpha value is -1.66. The van der Waals surface area contributed by atoms with E-state index in [-0.39, 0.29) is 17.8 Å². The summed E-state index contributed by atoms with van der Waals surface area (Å²) in [5, 5.41) is 3.15. The highest BCUT2D eigenvalue weighted by Crippen LogP contribution is 2.32. The minimum Gasteiger partial charge on any atom is -0.432 e. The van der Waals surface area contributed by atoms with Gasteiger partial charge in [0, 0.05) is 22.1 Å². The summed E-state index contributed by atoms with van der Waals surface area (Å²) in [6.45, 7) is 4.48. The van der Waals surface area contributed by atoms with Crippen molar-refractivity contribution in [2.45, 2.75) is 31.8 Å². The number of carbonyl (C=O) groups is 1. The van der Waals surface area contributed by atoms with E-state index < -0.39 is 0 Å². The number of benzene rings is 1. The first-order valence-corrected chi connectivity index (χ1v) is 9.18. The van der Waals surface area contributed by atoms with Gasteiger partial charge in [0.15, 0.2) is 5.76 Å². The molecule has 5 rings (SSSR count). The van der Waals surface area contributed by atoms with Crippen LogP contribution in [-0.4, -0.2) is 41.0 Å². The van der Waals surface area contributed by atoms with Gasteiger partial charge in [0.2, 0.25) is 0 Å². The van der Waals surface area contributed by atoms with E-state index in [1.807, 2.05) is 24.3 Å². The second-order valence-electron chi connectivity index (χ2n) is 6.65. The molecule has 2 atom stereocenters. The molecule has 1 aromatic carbocycles. The molecule has 0 unspecified atom stereocenters. The highest BCUT2D eigenvalue weighted by atomic mass is 79.9. The number of nitrogens with zero attached hydrogens (tertiary/aromatic N) is 2. The third-order valence-electron chi connectivity index (χ3n) is 5.30. The van der Waals surface area contributed by atoms with Crippen molar-refractivity contribution in [1.82, 2.24) is 15.2 Å². The standard InChI is InChI=1S/C18H20BrN3O2/c1-11-16(13-6-8-22(11)9-7-13)21-17(23)18-20-10-15(24-18)12-2-4-14(19)5-3-12/h2-5,10-11,13,16H,6-9H2,1H3,(H,21,23)/t11-,16-/m0/s1. The summed E-state index contributed by atoms with van der Waals surface area (Å²) in [5.74, 6) is 1.09. The predicted octanol–water partition coefficient (Wildman–Crippen LogP) is 3.32. The van der Waals surface area contributed by atoms with Crippen molar-refractivity contribution in [2.24, 2.45) is 5.92 Å². The summed E-state index contributed by atoms with van der Waals surface area (Å²) in [6, 6.07) is 8.30. The average molecular weight is 390 g/mol. The number of rotatable bonds is 3. The molecule has 24 heavy (non-hydrogen) atoms. The molecule has 0 saturated carbocycles. The molecule has 0 radical (unpaired) electrons. The molecule has 0 aliphatic carbocycles. The smallest absolute Gasteiger partial charge is 0.307 e. The van der Waals surface area contributed by atoms with Crippen molar-refractivity contribution in [2.75, 3.05) is 13.1 Å². The maximum absolute atomic E-state index is 12.5. The van der Waals surface area contributed by atoms with Crippen molar-refractivity contribution in [3.8, 4) is 11.3 Å². The fourth-order valence-electron chi connectivity index (χ4n) is 3.89. The Bertz CT molecular complexity index is 733. The van der Waals surface area contributed by atoms with E-state index >= 15 is 0 Å². The van der Waals surface area contributed by atoms with Crippen molar-refractivity contribution in [1.29, 1.82) is 0 Å². The highest BCUT2D eigenvalue weighted by molar-refractivity contribution is 9.10. The van der Waals surface area contributed by atoms with E-state index in [0.29, 0.717) is 17.7 Å². The lowest BCUT2D eigenvalue weighted by Gasteiger charge is -2.49. The van der Waals surface area contributed by atoms with E-state index in [9.17, 15) is 4.79 Å². The monoisotopic (exact) mass is 389 g/mol. The zero-order chi connectivity index (χ0) is 16.7. The number of halogens is 1. The summed E-state index contributed by atoms with van der Waals surface area (Å²) in [4.78, 5) is 19.2. The number of piperidine rings is 3. The topological polar surface area (TPSA) is 58.4 Å². The summed E-state index contributed by atoms with van der Waals surface area (Å²) in [7, 11) is 0. The number of fused-ring (bicyclic) bond motifs is 3. The van der Waals surface area contributed by atoms with Crippen molar-refractivity contribution >= 4 is 21.8 Å². The van der Waals surface area contributed by atoms with Crippen LogP contribution in [0.5, 0.6) is 0 Å². The van der Waals surface area contributed by atoms with Gasteiger partial charge in [0.25, 0.3) is 5.89 Å². The number of hydrogen-bond acceptors (Lipinski definition) is 4. The van der Waals surface area contributed by atoms with Crippen molar-refractivity contribution < 1.29 is 9.21 Å². The quantitative estimate of drug-likeness (QED) is 0.874. The molecule has 0 spiro atoms. The van der Waals surface area contributed by atoms with Crippen LogP contribution >= 0.6 is 15.9 Å². The third-order valence-corrected chi connectivity index (χ3v) is 5.83. The lowest BCUT2D eigenvalue weighted by atomic mass is 9.79. The number of amides is 1. The molecule has 6 heteroatoms. The highest BCUT2D eigenvalue weighted by Gasteiger charge is 2.40. The zero-order valence-corrected chi connectivity index (χ0v) is 15.1. The third kappa shape index (κ3) is 2.89. The van der Waals surface area contributed by atoms with Crippen LogP contribution < -0.4 is 5.32 Å². The predicted molar refractivity (Wildman–Crippen MR) is 94.7 cm³/mol. The van der Waals surface area contributed by atoms with Gasteiger partial charge in [-0.25, -0.2) is 4.98 Å². The Morgan fingerprint density at radius 2 is 2.00 bits per heavy atom. The Labute approximate surface area is 149 Å². The summed E-state index contributed by atoms with van der Waals surface area (Å²) < 4.78 is 6.68. The van der Waals surface area contributed by atoms with Gasteiger partial charge in [-0.1, -0.05) is 28.1 Å². The fourth-order valence-corrected chi connectivity index (χ4v) is 4.15. The SMILES string of the molecule is C[C@H]1[C@H](NC(=O)c2ncc(-c3ccc(Br)cc3)o2)C2CCN1CC2. The van der Waals surface area contributed by atoms with Crippen molar-refractivity contribution in [3.05, 3.63) is 40.8 Å². The normalized spacial score (nSPS) is 28.8. The number of carbonyl (C=O) groups excluding carboxylic acids is 1. The fraction of sp³-hybridized carbons (Fsp3) is 0.444. The van der Waals surface area contributed by atoms with Crippen LogP contribution in [0.4, 0.5) is 0 Å². The van der Waals surface area contributed by atoms with Gasteiger partial charge in [0.1, 0.15) is 0 Å². The molecule has 1 N–H and O–H groups in total. The molecule has 2 aromatic rings. The second-order valence-corrected chi connectivity index (χ2v) is 7.57. The molecule has 1 aromatic heterocycles. The molecule has 2 bridgehead atoms. The summed E-state index contributed by atoms with van der Waals surface area (Å²) in [6.07, 6.45) is 3.92. The lowest BCUT2D eigenvalue weighted by Crippen LogP contribution is -2.62. The summed E-state index contributed by atoms with van der Waals surface area (Å²) >= 11 is 3.41. The van der Waals surface area contributed by atoms with Crippen LogP contribution in [0.25, 0.3) is 11.3 Å². The van der Waals surface area contributed by atoms with E-state index in [0.717, 1.165) is 36.0 Å². The molecule has 3 fully saturated rings. The molecule has 3 saturated heterocycles. The molecule has 126 valence electrons. The number of aromatic nitrogens is 1. The minimum absolute atomic E-state index is 0.136. The molecule has 3 aliphatic heterocycles. The molecular weight excluding hydrogens is 370 g/mol. The Morgan fingerprint density at radius 1 is 1.29 bits per heavy atom. The van der Waals surface area contributed by atoms with Crippen molar-refractivity contribution in [3.63, 3.8) is 0 Å². The Kier molecular flexibility index (Phi) is 4.18. The van der Waals surface area contributed by atoms with E-state index in [1.165, 1.54) is 0 Å². The van der Waals surface area contributed by atoms with Gasteiger partial charge in [-0.05, 0) is 50.9 Å². The van der Waals surface area contributed by atoms with Crippen LogP contribution in [-0.2, 0) is 0 Å². The largest absolute Gasteiger partial charge is 0.432 e. The second kappa shape index (κ2) is 6.33. The van der Waals surface area contributed by atoms with Crippen LogP contribution in [0, 0.1) is 5.92 Å². The van der Waals surface area contributed by atoms with E-state index in [2.05, 4.69) is 38.1 Å². The van der Waals surface area contributed by atoms with Gasteiger partial charge < -0.3 is 9.73 Å². The van der Waals surface area contributed by atoms with Gasteiger partial charge in [-0.15, -0.1) is 0 Å². The molecular formula is C18H20BrN3O2. The molecule has 4 heterocycles. The molecule has 5 nitrogen and oxygen atoms in total. The van der Waals surface area contributed by atoms with Crippen LogP contribution in [0.3, 0.4) is 0 Å². The molecule has 3 aliphatic rings. The zero-order valence-electron chi connectivity index (χ0n) is 13.5. The number of nitrogens with one attached hydrogen (secondary N) is 1. The lowest BCUT2D eigenvalue weighted by molar-refractivity contribution is 0.0210. The first-order valence-electron chi connectivity index (χ1n) is 8.38. The summed E-state index contributed by atoms with van der Waals surface area (Å²) in [5.41, 5.74) is 0.904. The first kappa shape index (κ1) is 15.8. The maximum atomic E-state index is 12.5. The van der Waals surface area contributed by atoms with Crippen LogP contribution in [0.2, 0.25) is 0 Å². The van der Waals surface area contributed by atoms with Gasteiger partial charge in [-0.3, -0.25) is 9.69 Å². The van der Waals surface area contributed by atoms with E-state index in [1.54, 1.807) is 6.20 Å². The van der Waals surface area contributed by atoms with Gasteiger partial charge >= 0.3 is 5.91 Å². The first-order chi connectivity index (χ1) is 11.6. The molecule has 1 amide bonds. The van der Waals surface area contributed by atoms with E-state index in [4.69, 9.17) is 4.42 Å². The van der Waals surface area contributed by atoms with Gasteiger partial charge in [0.05, 0.1) is 6.20 Å². The number of oxazole rings is 1.